The number of anilines is 1. The van der Waals surface area contributed by atoms with Crippen LogP contribution in [0.25, 0.3) is 0 Å². The molecule has 6 nitrogen and oxygen atoms in total. The first-order chi connectivity index (χ1) is 11.8. The van der Waals surface area contributed by atoms with E-state index in [4.69, 9.17) is 0 Å². The standard InChI is InChI=1S/C17H17BrN2O4S/c1-25(23,24)15-8-6-14(7-9-15)20-16(21)10-11-19-17(22)12-2-4-13(18)5-3-12/h2-9H,10-11H2,1H3,(H,19,22)(H,20,21). The van der Waals surface area contributed by atoms with Gasteiger partial charge < -0.3 is 10.6 Å². The second-order valence-corrected chi connectivity index (χ2v) is 8.29. The van der Waals surface area contributed by atoms with Gasteiger partial charge in [0, 0.05) is 34.9 Å². The molecule has 0 atom stereocenters. The number of amides is 2. The third-order valence-electron chi connectivity index (χ3n) is 3.31. The lowest BCUT2D eigenvalue weighted by atomic mass is 10.2. The van der Waals surface area contributed by atoms with Gasteiger partial charge in [-0.25, -0.2) is 8.42 Å². The summed E-state index contributed by atoms with van der Waals surface area (Å²) in [4.78, 5) is 24.0. The van der Waals surface area contributed by atoms with Gasteiger partial charge >= 0.3 is 0 Å². The van der Waals surface area contributed by atoms with Gasteiger partial charge in [0.15, 0.2) is 9.84 Å². The zero-order valence-corrected chi connectivity index (χ0v) is 15.9. The summed E-state index contributed by atoms with van der Waals surface area (Å²) in [7, 11) is -3.26. The van der Waals surface area contributed by atoms with Crippen molar-refractivity contribution in [2.24, 2.45) is 0 Å². The van der Waals surface area contributed by atoms with Crippen LogP contribution >= 0.6 is 15.9 Å². The smallest absolute Gasteiger partial charge is 0.251 e. The van der Waals surface area contributed by atoms with Gasteiger partial charge in [-0.15, -0.1) is 0 Å². The van der Waals surface area contributed by atoms with Gasteiger partial charge in [-0.1, -0.05) is 15.9 Å². The zero-order chi connectivity index (χ0) is 18.4. The monoisotopic (exact) mass is 424 g/mol. The van der Waals surface area contributed by atoms with Gasteiger partial charge in [0.2, 0.25) is 5.91 Å². The molecule has 0 spiro atoms. The number of sulfone groups is 1. The molecule has 0 saturated heterocycles. The van der Waals surface area contributed by atoms with Crippen LogP contribution in [0.4, 0.5) is 5.69 Å². The van der Waals surface area contributed by atoms with Gasteiger partial charge in [-0.3, -0.25) is 9.59 Å². The summed E-state index contributed by atoms with van der Waals surface area (Å²) < 4.78 is 23.6. The van der Waals surface area contributed by atoms with Crippen molar-refractivity contribution in [3.8, 4) is 0 Å². The largest absolute Gasteiger partial charge is 0.352 e. The molecule has 0 aromatic heterocycles. The molecule has 0 aliphatic heterocycles. The van der Waals surface area contributed by atoms with E-state index in [1.54, 1.807) is 24.3 Å². The van der Waals surface area contributed by atoms with Crippen LogP contribution in [0.2, 0.25) is 0 Å². The molecule has 0 radical (unpaired) electrons. The average molecular weight is 425 g/mol. The highest BCUT2D eigenvalue weighted by Gasteiger charge is 2.09. The Morgan fingerprint density at radius 1 is 1.00 bits per heavy atom. The maximum absolute atomic E-state index is 11.9. The van der Waals surface area contributed by atoms with E-state index in [-0.39, 0.29) is 29.7 Å². The Kier molecular flexibility index (Phi) is 6.33. The number of carbonyl (C=O) groups excluding carboxylic acids is 2. The predicted octanol–water partition coefficient (Wildman–Crippen LogP) is 2.61. The van der Waals surface area contributed by atoms with Crippen molar-refractivity contribution in [1.82, 2.24) is 5.32 Å². The minimum atomic E-state index is -3.26. The van der Waals surface area contributed by atoms with Crippen LogP contribution in [0, 0.1) is 0 Å². The number of hydrogen-bond acceptors (Lipinski definition) is 4. The van der Waals surface area contributed by atoms with E-state index >= 15 is 0 Å². The van der Waals surface area contributed by atoms with Gasteiger partial charge in [0.05, 0.1) is 4.90 Å². The molecule has 0 fully saturated rings. The normalized spacial score (nSPS) is 11.0. The summed E-state index contributed by atoms with van der Waals surface area (Å²) in [5.74, 6) is -0.527. The van der Waals surface area contributed by atoms with Crippen LogP contribution in [0.5, 0.6) is 0 Å². The topological polar surface area (TPSA) is 92.3 Å². The summed E-state index contributed by atoms with van der Waals surface area (Å²) in [6.07, 6.45) is 1.23. The molecule has 2 amide bonds. The van der Waals surface area contributed by atoms with Crippen molar-refractivity contribution < 1.29 is 18.0 Å². The first kappa shape index (κ1) is 19.1. The van der Waals surface area contributed by atoms with Crippen LogP contribution in [0.3, 0.4) is 0 Å². The molecule has 8 heteroatoms. The first-order valence-corrected chi connectivity index (χ1v) is 10.1. The van der Waals surface area contributed by atoms with E-state index in [1.165, 1.54) is 24.3 Å². The molecular weight excluding hydrogens is 408 g/mol. The van der Waals surface area contributed by atoms with E-state index in [1.807, 2.05) is 0 Å². The number of rotatable bonds is 6. The molecule has 0 bridgehead atoms. The number of carbonyl (C=O) groups is 2. The van der Waals surface area contributed by atoms with Crippen molar-refractivity contribution in [3.05, 3.63) is 58.6 Å². The SMILES string of the molecule is CS(=O)(=O)c1ccc(NC(=O)CCNC(=O)c2ccc(Br)cc2)cc1. The lowest BCUT2D eigenvalue weighted by molar-refractivity contribution is -0.116. The predicted molar refractivity (Wildman–Crippen MR) is 99.3 cm³/mol. The van der Waals surface area contributed by atoms with Crippen molar-refractivity contribution >= 4 is 43.3 Å². The average Bonchev–Trinajstić information content (AvgIpc) is 2.55. The zero-order valence-electron chi connectivity index (χ0n) is 13.5. The molecule has 2 aromatic rings. The van der Waals surface area contributed by atoms with E-state index in [0.717, 1.165) is 10.7 Å². The molecule has 2 N–H and O–H groups in total. The van der Waals surface area contributed by atoms with Crippen LogP contribution in [-0.2, 0) is 14.6 Å². The van der Waals surface area contributed by atoms with Crippen LogP contribution < -0.4 is 10.6 Å². The Bertz CT molecular complexity index is 863. The summed E-state index contributed by atoms with van der Waals surface area (Å²) in [6, 6.07) is 12.8. The lowest BCUT2D eigenvalue weighted by Gasteiger charge is -2.07. The molecule has 2 rings (SSSR count). The quantitative estimate of drug-likeness (QED) is 0.745. The van der Waals surface area contributed by atoms with Crippen LogP contribution in [-0.4, -0.2) is 33.0 Å². The minimum Gasteiger partial charge on any atom is -0.352 e. The van der Waals surface area contributed by atoms with Crippen molar-refractivity contribution in [1.29, 1.82) is 0 Å². The second-order valence-electron chi connectivity index (χ2n) is 5.36. The second kappa shape index (κ2) is 8.26. The fourth-order valence-corrected chi connectivity index (χ4v) is 2.90. The molecule has 0 saturated carbocycles. The van der Waals surface area contributed by atoms with E-state index < -0.39 is 9.84 Å². The fourth-order valence-electron chi connectivity index (χ4n) is 2.00. The third kappa shape index (κ3) is 5.99. The maximum Gasteiger partial charge on any atom is 0.251 e. The van der Waals surface area contributed by atoms with Gasteiger partial charge in [-0.2, -0.15) is 0 Å². The Morgan fingerprint density at radius 3 is 2.16 bits per heavy atom. The fraction of sp³-hybridized carbons (Fsp3) is 0.176. The highest BCUT2D eigenvalue weighted by molar-refractivity contribution is 9.10. The lowest BCUT2D eigenvalue weighted by Crippen LogP contribution is -2.27. The molecule has 132 valence electrons. The molecule has 0 aliphatic carbocycles. The maximum atomic E-state index is 11.9. The van der Waals surface area contributed by atoms with Crippen molar-refractivity contribution in [2.75, 3.05) is 18.1 Å². The molecule has 2 aromatic carbocycles. The molecule has 0 heterocycles. The summed E-state index contributed by atoms with van der Waals surface area (Å²) in [5, 5.41) is 5.32. The number of hydrogen-bond donors (Lipinski definition) is 2. The van der Waals surface area contributed by atoms with Gasteiger partial charge in [0.1, 0.15) is 0 Å². The molecule has 0 aliphatic rings. The first-order valence-electron chi connectivity index (χ1n) is 7.39. The summed E-state index contributed by atoms with van der Waals surface area (Å²) in [6.45, 7) is 0.197. The summed E-state index contributed by atoms with van der Waals surface area (Å²) >= 11 is 3.29. The van der Waals surface area contributed by atoms with E-state index in [9.17, 15) is 18.0 Å². The van der Waals surface area contributed by atoms with Crippen LogP contribution in [0.15, 0.2) is 57.9 Å². The molecule has 25 heavy (non-hydrogen) atoms. The van der Waals surface area contributed by atoms with Crippen molar-refractivity contribution in [2.45, 2.75) is 11.3 Å². The number of halogens is 1. The Hall–Kier alpha value is -2.19. The number of nitrogens with one attached hydrogen (secondary N) is 2. The van der Waals surface area contributed by atoms with Crippen LogP contribution in [0.1, 0.15) is 16.8 Å². The molecular formula is C17H17BrN2O4S. The van der Waals surface area contributed by atoms with E-state index in [2.05, 4.69) is 26.6 Å². The highest BCUT2D eigenvalue weighted by Crippen LogP contribution is 2.14. The molecule has 0 unspecified atom stereocenters. The Labute approximate surface area is 154 Å². The number of benzene rings is 2. The van der Waals surface area contributed by atoms with Gasteiger partial charge in [0.25, 0.3) is 5.91 Å². The highest BCUT2D eigenvalue weighted by atomic mass is 79.9. The Morgan fingerprint density at radius 2 is 1.60 bits per heavy atom. The van der Waals surface area contributed by atoms with Crippen molar-refractivity contribution in [3.63, 3.8) is 0 Å². The third-order valence-corrected chi connectivity index (χ3v) is 4.97. The summed E-state index contributed by atoms with van der Waals surface area (Å²) in [5.41, 5.74) is 1.01. The minimum absolute atomic E-state index is 0.107. The van der Waals surface area contributed by atoms with E-state index in [0.29, 0.717) is 11.3 Å². The van der Waals surface area contributed by atoms with Gasteiger partial charge in [-0.05, 0) is 48.5 Å². The Balaban J connectivity index is 1.80.